The third-order valence-corrected chi connectivity index (χ3v) is 6.70. The van der Waals surface area contributed by atoms with E-state index in [9.17, 15) is 5.11 Å². The van der Waals surface area contributed by atoms with Gasteiger partial charge in [0.1, 0.15) is 6.10 Å². The highest BCUT2D eigenvalue weighted by atomic mass is 16.5. The summed E-state index contributed by atoms with van der Waals surface area (Å²) in [6.45, 7) is 9.98. The van der Waals surface area contributed by atoms with Crippen LogP contribution in [0, 0.1) is 0 Å². The molecule has 0 spiro atoms. The van der Waals surface area contributed by atoms with E-state index in [1.807, 2.05) is 18.2 Å². The van der Waals surface area contributed by atoms with E-state index in [0.29, 0.717) is 6.61 Å². The van der Waals surface area contributed by atoms with Gasteiger partial charge in [0, 0.05) is 39.0 Å². The normalized spacial score (nSPS) is 26.8. The van der Waals surface area contributed by atoms with Crippen molar-refractivity contribution < 1.29 is 9.84 Å². The van der Waals surface area contributed by atoms with Gasteiger partial charge < -0.3 is 9.84 Å². The van der Waals surface area contributed by atoms with E-state index < -0.39 is 6.10 Å². The summed E-state index contributed by atoms with van der Waals surface area (Å²) < 4.78 is 6.06. The van der Waals surface area contributed by atoms with Crippen LogP contribution in [0.5, 0.6) is 0 Å². The molecule has 2 aromatic rings. The van der Waals surface area contributed by atoms with Gasteiger partial charge in [-0.15, -0.1) is 0 Å². The Hall–Kier alpha value is -1.79. The van der Waals surface area contributed by atoms with Gasteiger partial charge in [0.05, 0.1) is 16.8 Å². The second kappa shape index (κ2) is 9.15. The van der Waals surface area contributed by atoms with Crippen LogP contribution in [0.25, 0.3) is 0 Å². The Balaban J connectivity index is 1.55. The lowest BCUT2D eigenvalue weighted by Gasteiger charge is -2.53. The van der Waals surface area contributed by atoms with Gasteiger partial charge in [-0.1, -0.05) is 36.4 Å². The second-order valence-electron chi connectivity index (χ2n) is 9.40. The molecule has 1 N–H and O–H groups in total. The van der Waals surface area contributed by atoms with Crippen molar-refractivity contribution in [3.05, 3.63) is 66.0 Å². The molecule has 2 aliphatic heterocycles. The van der Waals surface area contributed by atoms with Gasteiger partial charge >= 0.3 is 0 Å². The van der Waals surface area contributed by atoms with E-state index in [1.54, 1.807) is 6.20 Å². The minimum Gasteiger partial charge on any atom is -0.385 e. The Morgan fingerprint density at radius 1 is 1.03 bits per heavy atom. The van der Waals surface area contributed by atoms with E-state index >= 15 is 0 Å². The number of benzene rings is 1. The van der Waals surface area contributed by atoms with Crippen LogP contribution in [-0.2, 0) is 11.3 Å². The van der Waals surface area contributed by atoms with Crippen molar-refractivity contribution in [3.8, 4) is 0 Å². The minimum atomic E-state index is -0.623. The summed E-state index contributed by atoms with van der Waals surface area (Å²) in [5.74, 6) is 0. The van der Waals surface area contributed by atoms with Crippen LogP contribution in [-0.4, -0.2) is 63.8 Å². The first-order valence-corrected chi connectivity index (χ1v) is 11.2. The lowest BCUT2D eigenvalue weighted by atomic mass is 9.74. The number of rotatable bonds is 5. The number of hydrogen-bond acceptors (Lipinski definition) is 5. The number of aromatic nitrogens is 1. The maximum absolute atomic E-state index is 11.6. The van der Waals surface area contributed by atoms with Gasteiger partial charge in [-0.05, 0) is 57.4 Å². The Bertz CT molecular complexity index is 799. The van der Waals surface area contributed by atoms with E-state index in [0.717, 1.165) is 57.7 Å². The summed E-state index contributed by atoms with van der Waals surface area (Å²) in [7, 11) is 0. The molecular weight excluding hydrogens is 374 g/mol. The highest BCUT2D eigenvalue weighted by Crippen LogP contribution is 2.44. The van der Waals surface area contributed by atoms with Crippen molar-refractivity contribution in [2.24, 2.45) is 0 Å². The van der Waals surface area contributed by atoms with Crippen LogP contribution in [0.1, 0.15) is 50.5 Å². The predicted molar refractivity (Wildman–Crippen MR) is 119 cm³/mol. The number of aliphatic hydroxyl groups is 1. The Kier molecular flexibility index (Phi) is 6.54. The minimum absolute atomic E-state index is 0.260. The number of hydrogen-bond donors (Lipinski definition) is 1. The van der Waals surface area contributed by atoms with Crippen LogP contribution in [0.4, 0.5) is 0 Å². The Labute approximate surface area is 180 Å². The van der Waals surface area contributed by atoms with Crippen LogP contribution in [0.2, 0.25) is 0 Å². The van der Waals surface area contributed by atoms with Crippen LogP contribution < -0.4 is 0 Å². The molecule has 2 saturated heterocycles. The molecule has 0 saturated carbocycles. The molecule has 1 aromatic heterocycles. The average Bonchev–Trinajstić information content (AvgIpc) is 3.00. The van der Waals surface area contributed by atoms with Gasteiger partial charge in [-0.25, -0.2) is 0 Å². The molecule has 3 heterocycles. The van der Waals surface area contributed by atoms with Crippen molar-refractivity contribution >= 4 is 0 Å². The summed E-state index contributed by atoms with van der Waals surface area (Å²) in [5, 5.41) is 11.6. The second-order valence-corrected chi connectivity index (χ2v) is 9.40. The molecule has 0 aliphatic carbocycles. The maximum atomic E-state index is 11.6. The molecule has 0 amide bonds. The van der Waals surface area contributed by atoms with E-state index in [4.69, 9.17) is 4.74 Å². The first-order chi connectivity index (χ1) is 14.5. The molecule has 2 atom stereocenters. The summed E-state index contributed by atoms with van der Waals surface area (Å²) in [6, 6.07) is 16.5. The van der Waals surface area contributed by atoms with Crippen LogP contribution in [0.3, 0.4) is 0 Å². The Morgan fingerprint density at radius 3 is 2.57 bits per heavy atom. The van der Waals surface area contributed by atoms with Crippen LogP contribution >= 0.6 is 0 Å². The highest BCUT2D eigenvalue weighted by Gasteiger charge is 2.50. The largest absolute Gasteiger partial charge is 0.385 e. The van der Waals surface area contributed by atoms with Crippen molar-refractivity contribution in [2.75, 3.05) is 32.8 Å². The molecule has 30 heavy (non-hydrogen) atoms. The third kappa shape index (κ3) is 4.75. The summed E-state index contributed by atoms with van der Waals surface area (Å²) >= 11 is 0. The van der Waals surface area contributed by atoms with Gasteiger partial charge in [0.2, 0.25) is 0 Å². The lowest BCUT2D eigenvalue weighted by Crippen LogP contribution is -2.60. The summed E-state index contributed by atoms with van der Waals surface area (Å²) in [6.07, 6.45) is 3.89. The molecule has 0 radical (unpaired) electrons. The molecule has 5 heteroatoms. The lowest BCUT2D eigenvalue weighted by molar-refractivity contribution is -0.158. The fourth-order valence-corrected chi connectivity index (χ4v) is 5.29. The van der Waals surface area contributed by atoms with Gasteiger partial charge in [0.25, 0.3) is 0 Å². The molecule has 162 valence electrons. The smallest absolute Gasteiger partial charge is 0.114 e. The molecule has 2 fully saturated rings. The third-order valence-electron chi connectivity index (χ3n) is 6.70. The zero-order valence-corrected chi connectivity index (χ0v) is 18.3. The standard InChI is InChI=1S/C25H35N3O2/c1-24(2)20-25(12-18-30-24,23(29)22-11-6-7-13-26-22)28-15-8-14-27(16-17-28)19-21-9-4-3-5-10-21/h3-7,9-11,13,23,29H,8,12,14-20H2,1-2H3. The topological polar surface area (TPSA) is 48.8 Å². The molecule has 2 unspecified atom stereocenters. The predicted octanol–water partition coefficient (Wildman–Crippen LogP) is 3.65. The molecule has 2 aliphatic rings. The fraction of sp³-hybridized carbons (Fsp3) is 0.560. The monoisotopic (exact) mass is 409 g/mol. The Morgan fingerprint density at radius 2 is 1.83 bits per heavy atom. The summed E-state index contributed by atoms with van der Waals surface area (Å²) in [5.41, 5.74) is 1.52. The zero-order chi connectivity index (χ0) is 21.0. The van der Waals surface area contributed by atoms with Crippen LogP contribution in [0.15, 0.2) is 54.7 Å². The highest BCUT2D eigenvalue weighted by molar-refractivity contribution is 5.17. The molecule has 0 bridgehead atoms. The first-order valence-electron chi connectivity index (χ1n) is 11.2. The quantitative estimate of drug-likeness (QED) is 0.817. The molecule has 5 nitrogen and oxygen atoms in total. The van der Waals surface area contributed by atoms with Gasteiger partial charge in [0.15, 0.2) is 0 Å². The maximum Gasteiger partial charge on any atom is 0.114 e. The number of nitrogens with zero attached hydrogens (tertiary/aromatic N) is 3. The van der Waals surface area contributed by atoms with Crippen molar-refractivity contribution in [3.63, 3.8) is 0 Å². The average molecular weight is 410 g/mol. The fourth-order valence-electron chi connectivity index (χ4n) is 5.29. The van der Waals surface area contributed by atoms with E-state index in [2.05, 4.69) is 59.0 Å². The first kappa shape index (κ1) is 21.4. The number of aliphatic hydroxyl groups excluding tert-OH is 1. The molecule has 4 rings (SSSR count). The zero-order valence-electron chi connectivity index (χ0n) is 18.3. The molecular formula is C25H35N3O2. The van der Waals surface area contributed by atoms with Crippen molar-refractivity contribution in [2.45, 2.75) is 56.9 Å². The van der Waals surface area contributed by atoms with Crippen molar-refractivity contribution in [1.82, 2.24) is 14.8 Å². The van der Waals surface area contributed by atoms with E-state index in [1.165, 1.54) is 5.56 Å². The van der Waals surface area contributed by atoms with Crippen molar-refractivity contribution in [1.29, 1.82) is 0 Å². The summed E-state index contributed by atoms with van der Waals surface area (Å²) in [4.78, 5) is 9.59. The molecule has 1 aromatic carbocycles. The number of ether oxygens (including phenoxy) is 1. The SMILES string of the molecule is CC1(C)CC(C(O)c2ccccn2)(N2CCCN(Cc3ccccc3)CC2)CCO1. The van der Waals surface area contributed by atoms with Gasteiger partial charge in [-0.3, -0.25) is 14.8 Å². The van der Waals surface area contributed by atoms with E-state index in [-0.39, 0.29) is 11.1 Å². The van der Waals surface area contributed by atoms with Gasteiger partial charge in [-0.2, -0.15) is 0 Å². The number of pyridine rings is 1.